The molecule has 0 spiro atoms. The fourth-order valence-electron chi connectivity index (χ4n) is 2.68. The number of nitrogens with zero attached hydrogens (tertiary/aromatic N) is 1. The predicted octanol–water partition coefficient (Wildman–Crippen LogP) is 1.84. The molecule has 1 fully saturated rings. The molecule has 0 saturated heterocycles. The van der Waals surface area contributed by atoms with Crippen molar-refractivity contribution in [3.63, 3.8) is 0 Å². The minimum absolute atomic E-state index is 0.0449. The summed E-state index contributed by atoms with van der Waals surface area (Å²) in [6.45, 7) is 1.64. The molecule has 0 bridgehead atoms. The zero-order valence-corrected chi connectivity index (χ0v) is 13.9. The van der Waals surface area contributed by atoms with Crippen molar-refractivity contribution in [3.05, 3.63) is 24.3 Å². The van der Waals surface area contributed by atoms with Crippen LogP contribution in [0.25, 0.3) is 0 Å². The van der Waals surface area contributed by atoms with Gasteiger partial charge in [0.25, 0.3) is 0 Å². The van der Waals surface area contributed by atoms with Gasteiger partial charge in [-0.3, -0.25) is 4.79 Å². The van der Waals surface area contributed by atoms with Gasteiger partial charge in [0.15, 0.2) is 9.84 Å². The van der Waals surface area contributed by atoms with E-state index in [0.29, 0.717) is 18.5 Å². The average Bonchev–Trinajstić information content (AvgIpc) is 3.02. The Morgan fingerprint density at radius 3 is 2.39 bits per heavy atom. The van der Waals surface area contributed by atoms with Crippen LogP contribution in [0.15, 0.2) is 29.2 Å². The molecule has 124 valence electrons. The highest BCUT2D eigenvalue weighted by atomic mass is 32.2. The normalized spacial score (nSPS) is 16.5. The van der Waals surface area contributed by atoms with Gasteiger partial charge in [0, 0.05) is 5.69 Å². The summed E-state index contributed by atoms with van der Waals surface area (Å²) in [6, 6.07) is 8.51. The lowest BCUT2D eigenvalue weighted by molar-refractivity contribution is -0.120. The Labute approximate surface area is 136 Å². The van der Waals surface area contributed by atoms with Crippen molar-refractivity contribution in [3.8, 4) is 6.07 Å². The third kappa shape index (κ3) is 4.23. The summed E-state index contributed by atoms with van der Waals surface area (Å²) in [6.07, 6.45) is 3.29. The van der Waals surface area contributed by atoms with Gasteiger partial charge < -0.3 is 10.6 Å². The fraction of sp³-hybridized carbons (Fsp3) is 0.500. The highest BCUT2D eigenvalue weighted by Gasteiger charge is 2.35. The number of nitriles is 1. The second-order valence-corrected chi connectivity index (χ2v) is 8.01. The standard InChI is InChI=1S/C16H21N3O3S/c1-2-23(21,22)14-7-5-13(6-8-14)18-11-15(20)19-16(12-17)9-3-4-10-16/h5-8,18H,2-4,9-11H2,1H3,(H,19,20). The number of sulfone groups is 1. The number of hydrogen-bond donors (Lipinski definition) is 2. The Hall–Kier alpha value is -2.07. The van der Waals surface area contributed by atoms with Crippen molar-refractivity contribution in [2.75, 3.05) is 17.6 Å². The third-order valence-electron chi connectivity index (χ3n) is 4.10. The summed E-state index contributed by atoms with van der Waals surface area (Å²) in [5.41, 5.74) is -0.0645. The van der Waals surface area contributed by atoms with Crippen molar-refractivity contribution in [2.24, 2.45) is 0 Å². The smallest absolute Gasteiger partial charge is 0.240 e. The SMILES string of the molecule is CCS(=O)(=O)c1ccc(NCC(=O)NC2(C#N)CCCC2)cc1. The molecule has 1 saturated carbocycles. The molecule has 1 aromatic carbocycles. The Morgan fingerprint density at radius 2 is 1.87 bits per heavy atom. The molecule has 0 heterocycles. The maximum atomic E-state index is 12.0. The van der Waals surface area contributed by atoms with E-state index in [2.05, 4.69) is 16.7 Å². The van der Waals surface area contributed by atoms with Crippen LogP contribution in [-0.2, 0) is 14.6 Å². The monoisotopic (exact) mass is 335 g/mol. The largest absolute Gasteiger partial charge is 0.376 e. The van der Waals surface area contributed by atoms with Crippen LogP contribution in [-0.4, -0.2) is 32.2 Å². The summed E-state index contributed by atoms with van der Waals surface area (Å²) in [4.78, 5) is 12.3. The molecule has 1 amide bonds. The maximum absolute atomic E-state index is 12.0. The first-order valence-electron chi connectivity index (χ1n) is 7.70. The Kier molecular flexibility index (Phi) is 5.26. The number of benzene rings is 1. The molecule has 6 nitrogen and oxygen atoms in total. The first kappa shape index (κ1) is 17.3. The van der Waals surface area contributed by atoms with E-state index in [1.54, 1.807) is 19.1 Å². The molecule has 2 rings (SSSR count). The van der Waals surface area contributed by atoms with Crippen LogP contribution in [0.1, 0.15) is 32.6 Å². The Morgan fingerprint density at radius 1 is 1.26 bits per heavy atom. The zero-order valence-electron chi connectivity index (χ0n) is 13.1. The molecule has 0 aromatic heterocycles. The van der Waals surface area contributed by atoms with Crippen molar-refractivity contribution >= 4 is 21.4 Å². The van der Waals surface area contributed by atoms with Crippen molar-refractivity contribution in [1.82, 2.24) is 5.32 Å². The third-order valence-corrected chi connectivity index (χ3v) is 5.85. The molecule has 1 aliphatic rings. The van der Waals surface area contributed by atoms with Gasteiger partial charge in [0.2, 0.25) is 5.91 Å². The minimum Gasteiger partial charge on any atom is -0.376 e. The van der Waals surface area contributed by atoms with Crippen LogP contribution < -0.4 is 10.6 Å². The number of carbonyl (C=O) groups is 1. The minimum atomic E-state index is -3.22. The van der Waals surface area contributed by atoms with Gasteiger partial charge in [-0.2, -0.15) is 5.26 Å². The van der Waals surface area contributed by atoms with E-state index < -0.39 is 15.4 Å². The molecule has 0 unspecified atom stereocenters. The summed E-state index contributed by atoms with van der Waals surface area (Å²) in [5.74, 6) is -0.183. The summed E-state index contributed by atoms with van der Waals surface area (Å²) in [7, 11) is -3.22. The summed E-state index contributed by atoms with van der Waals surface area (Å²) >= 11 is 0. The number of rotatable bonds is 6. The van der Waals surface area contributed by atoms with E-state index in [4.69, 9.17) is 0 Å². The van der Waals surface area contributed by atoms with E-state index in [9.17, 15) is 18.5 Å². The molecule has 2 N–H and O–H groups in total. The maximum Gasteiger partial charge on any atom is 0.240 e. The molecule has 23 heavy (non-hydrogen) atoms. The van der Waals surface area contributed by atoms with Gasteiger partial charge in [-0.15, -0.1) is 0 Å². The lowest BCUT2D eigenvalue weighted by Gasteiger charge is -2.22. The van der Waals surface area contributed by atoms with Gasteiger partial charge >= 0.3 is 0 Å². The van der Waals surface area contributed by atoms with Gasteiger partial charge in [-0.05, 0) is 49.9 Å². The number of anilines is 1. The van der Waals surface area contributed by atoms with E-state index in [-0.39, 0.29) is 23.1 Å². The van der Waals surface area contributed by atoms with Gasteiger partial charge in [-0.25, -0.2) is 8.42 Å². The second kappa shape index (κ2) is 7.01. The molecule has 1 aliphatic carbocycles. The van der Waals surface area contributed by atoms with Crippen molar-refractivity contribution < 1.29 is 13.2 Å². The summed E-state index contributed by atoms with van der Waals surface area (Å²) in [5, 5.41) is 15.0. The van der Waals surface area contributed by atoms with E-state index >= 15 is 0 Å². The van der Waals surface area contributed by atoms with Crippen LogP contribution in [0.4, 0.5) is 5.69 Å². The topological polar surface area (TPSA) is 99.1 Å². The van der Waals surface area contributed by atoms with E-state index in [0.717, 1.165) is 12.8 Å². The zero-order chi connectivity index (χ0) is 16.9. The average molecular weight is 335 g/mol. The van der Waals surface area contributed by atoms with Gasteiger partial charge in [0.1, 0.15) is 5.54 Å². The Balaban J connectivity index is 1.91. The highest BCUT2D eigenvalue weighted by Crippen LogP contribution is 2.28. The van der Waals surface area contributed by atoms with Gasteiger partial charge in [-0.1, -0.05) is 6.92 Å². The van der Waals surface area contributed by atoms with Crippen LogP contribution in [0, 0.1) is 11.3 Å². The Bertz CT molecular complexity index is 699. The number of amides is 1. The highest BCUT2D eigenvalue weighted by molar-refractivity contribution is 7.91. The molecule has 1 aromatic rings. The second-order valence-electron chi connectivity index (χ2n) is 5.73. The van der Waals surface area contributed by atoms with Crippen LogP contribution in [0.5, 0.6) is 0 Å². The van der Waals surface area contributed by atoms with E-state index in [1.165, 1.54) is 12.1 Å². The first-order valence-corrected chi connectivity index (χ1v) is 9.35. The number of carbonyl (C=O) groups excluding carboxylic acids is 1. The first-order chi connectivity index (χ1) is 10.9. The number of nitrogens with one attached hydrogen (secondary N) is 2. The van der Waals surface area contributed by atoms with Crippen molar-refractivity contribution in [1.29, 1.82) is 5.26 Å². The molecule has 7 heteroatoms. The van der Waals surface area contributed by atoms with Crippen LogP contribution in [0.3, 0.4) is 0 Å². The van der Waals surface area contributed by atoms with E-state index in [1.807, 2.05) is 0 Å². The van der Waals surface area contributed by atoms with Crippen LogP contribution in [0.2, 0.25) is 0 Å². The lowest BCUT2D eigenvalue weighted by atomic mass is 10.00. The van der Waals surface area contributed by atoms with Crippen LogP contribution >= 0.6 is 0 Å². The van der Waals surface area contributed by atoms with Crippen molar-refractivity contribution in [2.45, 2.75) is 43.0 Å². The van der Waals surface area contributed by atoms with Gasteiger partial charge in [0.05, 0.1) is 23.3 Å². The molecule has 0 radical (unpaired) electrons. The lowest BCUT2D eigenvalue weighted by Crippen LogP contribution is -2.47. The predicted molar refractivity (Wildman–Crippen MR) is 87.6 cm³/mol. The summed E-state index contributed by atoms with van der Waals surface area (Å²) < 4.78 is 23.4. The number of hydrogen-bond acceptors (Lipinski definition) is 5. The molecular formula is C16H21N3O3S. The quantitative estimate of drug-likeness (QED) is 0.826. The molecule has 0 atom stereocenters. The molecule has 0 aliphatic heterocycles. The molecular weight excluding hydrogens is 314 g/mol. The fourth-order valence-corrected chi connectivity index (χ4v) is 3.57.